The molecule has 0 aromatic heterocycles. The van der Waals surface area contributed by atoms with Gasteiger partial charge in [-0.1, -0.05) is 54.8 Å². The van der Waals surface area contributed by atoms with Crippen LogP contribution in [-0.2, 0) is 5.41 Å². The highest BCUT2D eigenvalue weighted by atomic mass is 35.5. The van der Waals surface area contributed by atoms with E-state index >= 15 is 0 Å². The summed E-state index contributed by atoms with van der Waals surface area (Å²) >= 11 is 6.27. The predicted octanol–water partition coefficient (Wildman–Crippen LogP) is 4.99. The third kappa shape index (κ3) is 2.58. The molecule has 0 spiro atoms. The average Bonchev–Trinajstić information content (AvgIpc) is 3.01. The van der Waals surface area contributed by atoms with Crippen molar-refractivity contribution in [1.29, 1.82) is 0 Å². The van der Waals surface area contributed by atoms with Crippen molar-refractivity contribution >= 4 is 11.6 Å². The van der Waals surface area contributed by atoms with Crippen LogP contribution >= 0.6 is 11.6 Å². The molecule has 21 heavy (non-hydrogen) atoms. The van der Waals surface area contributed by atoms with Crippen LogP contribution < -0.4 is 5.73 Å². The maximum absolute atomic E-state index is 13.6. The van der Waals surface area contributed by atoms with Gasteiger partial charge >= 0.3 is 0 Å². The van der Waals surface area contributed by atoms with E-state index in [0.29, 0.717) is 10.6 Å². The maximum atomic E-state index is 13.6. The third-order valence-electron chi connectivity index (χ3n) is 4.73. The first-order chi connectivity index (χ1) is 10.1. The lowest BCUT2D eigenvalue weighted by molar-refractivity contribution is 0.355. The molecule has 2 N–H and O–H groups in total. The zero-order valence-electron chi connectivity index (χ0n) is 11.9. The van der Waals surface area contributed by atoms with Gasteiger partial charge in [-0.2, -0.15) is 0 Å². The van der Waals surface area contributed by atoms with Crippen molar-refractivity contribution in [3.05, 3.63) is 70.5 Å². The van der Waals surface area contributed by atoms with Crippen molar-refractivity contribution in [1.82, 2.24) is 0 Å². The Morgan fingerprint density at radius 2 is 1.71 bits per heavy atom. The molecule has 0 saturated heterocycles. The van der Waals surface area contributed by atoms with Gasteiger partial charge in [0.15, 0.2) is 0 Å². The van der Waals surface area contributed by atoms with Gasteiger partial charge in [0.05, 0.1) is 0 Å². The van der Waals surface area contributed by atoms with Crippen LogP contribution in [0.15, 0.2) is 48.5 Å². The highest BCUT2D eigenvalue weighted by molar-refractivity contribution is 6.31. The van der Waals surface area contributed by atoms with Crippen LogP contribution in [0.4, 0.5) is 4.39 Å². The van der Waals surface area contributed by atoms with Gasteiger partial charge in [0.1, 0.15) is 5.82 Å². The second kappa shape index (κ2) is 5.78. The smallest absolute Gasteiger partial charge is 0.123 e. The van der Waals surface area contributed by atoms with Gasteiger partial charge in [0, 0.05) is 16.5 Å². The fourth-order valence-electron chi connectivity index (χ4n) is 3.61. The van der Waals surface area contributed by atoms with Crippen molar-refractivity contribution in [3.63, 3.8) is 0 Å². The molecule has 3 rings (SSSR count). The van der Waals surface area contributed by atoms with Crippen LogP contribution in [-0.4, -0.2) is 0 Å². The van der Waals surface area contributed by atoms with Gasteiger partial charge in [-0.05, 0) is 42.2 Å². The zero-order valence-corrected chi connectivity index (χ0v) is 12.6. The van der Waals surface area contributed by atoms with Crippen LogP contribution in [0.1, 0.15) is 42.9 Å². The van der Waals surface area contributed by atoms with E-state index in [2.05, 4.69) is 12.1 Å². The normalized spacial score (nSPS) is 18.6. The fraction of sp³-hybridized carbons (Fsp3) is 0.333. The minimum Gasteiger partial charge on any atom is -0.323 e. The lowest BCUT2D eigenvalue weighted by Crippen LogP contribution is -2.36. The van der Waals surface area contributed by atoms with Gasteiger partial charge in [0.25, 0.3) is 0 Å². The van der Waals surface area contributed by atoms with E-state index in [4.69, 9.17) is 17.3 Å². The molecule has 110 valence electrons. The van der Waals surface area contributed by atoms with Crippen molar-refractivity contribution in [2.75, 3.05) is 0 Å². The van der Waals surface area contributed by atoms with Crippen molar-refractivity contribution in [2.24, 2.45) is 5.73 Å². The summed E-state index contributed by atoms with van der Waals surface area (Å²) in [4.78, 5) is 0. The van der Waals surface area contributed by atoms with E-state index in [-0.39, 0.29) is 17.3 Å². The largest absolute Gasteiger partial charge is 0.323 e. The Balaban J connectivity index is 2.07. The fourth-order valence-corrected chi connectivity index (χ4v) is 3.84. The molecule has 0 amide bonds. The number of halogens is 2. The number of nitrogens with two attached hydrogens (primary N) is 1. The summed E-state index contributed by atoms with van der Waals surface area (Å²) in [5.74, 6) is -0.286. The topological polar surface area (TPSA) is 26.0 Å². The molecule has 0 bridgehead atoms. The van der Waals surface area contributed by atoms with Gasteiger partial charge in [-0.25, -0.2) is 4.39 Å². The maximum Gasteiger partial charge on any atom is 0.123 e. The molecule has 1 nitrogen and oxygen atoms in total. The molecule has 1 fully saturated rings. The first-order valence-corrected chi connectivity index (χ1v) is 7.77. The quantitative estimate of drug-likeness (QED) is 0.849. The van der Waals surface area contributed by atoms with E-state index in [0.717, 1.165) is 25.7 Å². The Hall–Kier alpha value is -1.38. The lowest BCUT2D eigenvalue weighted by Gasteiger charge is -2.36. The van der Waals surface area contributed by atoms with Crippen LogP contribution in [0.3, 0.4) is 0 Å². The molecule has 2 aromatic carbocycles. The molecular weight excluding hydrogens is 285 g/mol. The van der Waals surface area contributed by atoms with Gasteiger partial charge in [-0.15, -0.1) is 0 Å². The molecule has 2 aromatic rings. The van der Waals surface area contributed by atoms with Crippen LogP contribution in [0.25, 0.3) is 0 Å². The second-order valence-electron chi connectivity index (χ2n) is 5.87. The Kier molecular flexibility index (Phi) is 4.01. The summed E-state index contributed by atoms with van der Waals surface area (Å²) in [5, 5.41) is 0.547. The van der Waals surface area contributed by atoms with Crippen LogP contribution in [0.5, 0.6) is 0 Å². The summed E-state index contributed by atoms with van der Waals surface area (Å²) in [6, 6.07) is 14.5. The Bertz CT molecular complexity index is 620. The molecule has 3 heteroatoms. The van der Waals surface area contributed by atoms with Crippen LogP contribution in [0, 0.1) is 5.82 Å². The second-order valence-corrected chi connectivity index (χ2v) is 6.28. The Labute approximate surface area is 129 Å². The Morgan fingerprint density at radius 1 is 1.05 bits per heavy atom. The number of hydrogen-bond acceptors (Lipinski definition) is 1. The number of benzene rings is 2. The SMILES string of the molecule is NC(c1cc(F)ccc1Cl)C1(c2ccccc2)CCCC1. The van der Waals surface area contributed by atoms with E-state index < -0.39 is 0 Å². The van der Waals surface area contributed by atoms with Crippen molar-refractivity contribution in [2.45, 2.75) is 37.1 Å². The van der Waals surface area contributed by atoms with Crippen LogP contribution in [0.2, 0.25) is 5.02 Å². The molecule has 0 heterocycles. The molecule has 1 aliphatic carbocycles. The number of hydrogen-bond donors (Lipinski definition) is 1. The lowest BCUT2D eigenvalue weighted by atomic mass is 9.71. The summed E-state index contributed by atoms with van der Waals surface area (Å²) in [7, 11) is 0. The molecule has 0 radical (unpaired) electrons. The first kappa shape index (κ1) is 14.6. The zero-order chi connectivity index (χ0) is 14.9. The van der Waals surface area contributed by atoms with E-state index in [1.165, 1.54) is 17.7 Å². The minimum absolute atomic E-state index is 0.140. The number of rotatable bonds is 3. The summed E-state index contributed by atoms with van der Waals surface area (Å²) in [6.45, 7) is 0. The van der Waals surface area contributed by atoms with Crippen molar-refractivity contribution < 1.29 is 4.39 Å². The molecule has 1 aliphatic rings. The van der Waals surface area contributed by atoms with E-state index in [1.807, 2.05) is 18.2 Å². The first-order valence-electron chi connectivity index (χ1n) is 7.39. The Morgan fingerprint density at radius 3 is 2.38 bits per heavy atom. The highest BCUT2D eigenvalue weighted by Gasteiger charge is 2.42. The van der Waals surface area contributed by atoms with E-state index in [9.17, 15) is 4.39 Å². The van der Waals surface area contributed by atoms with E-state index in [1.54, 1.807) is 6.07 Å². The summed E-state index contributed by atoms with van der Waals surface area (Å²) < 4.78 is 13.6. The molecule has 0 aliphatic heterocycles. The van der Waals surface area contributed by atoms with Gasteiger partial charge in [0.2, 0.25) is 0 Å². The van der Waals surface area contributed by atoms with Crippen molar-refractivity contribution in [3.8, 4) is 0 Å². The van der Waals surface area contributed by atoms with Gasteiger partial charge in [-0.3, -0.25) is 0 Å². The summed E-state index contributed by atoms with van der Waals surface area (Å²) in [6.07, 6.45) is 4.33. The third-order valence-corrected chi connectivity index (χ3v) is 5.08. The summed E-state index contributed by atoms with van der Waals surface area (Å²) in [5.41, 5.74) is 8.39. The molecule has 1 unspecified atom stereocenters. The predicted molar refractivity (Wildman–Crippen MR) is 84.9 cm³/mol. The molecule has 1 saturated carbocycles. The van der Waals surface area contributed by atoms with Gasteiger partial charge < -0.3 is 5.73 Å². The molecular formula is C18H19ClFN. The minimum atomic E-state index is -0.286. The standard InChI is InChI=1S/C18H19ClFN/c19-16-9-8-14(20)12-15(16)17(21)18(10-4-5-11-18)13-6-2-1-3-7-13/h1-3,6-9,12,17H,4-5,10-11,21H2. The average molecular weight is 304 g/mol. The monoisotopic (exact) mass is 303 g/mol. The molecule has 1 atom stereocenters. The highest BCUT2D eigenvalue weighted by Crippen LogP contribution is 2.49.